The number of benzene rings is 1. The first-order valence-electron chi connectivity index (χ1n) is 6.88. The fourth-order valence-corrected chi connectivity index (χ4v) is 3.35. The van der Waals surface area contributed by atoms with E-state index in [1.54, 1.807) is 7.11 Å². The van der Waals surface area contributed by atoms with Gasteiger partial charge in [0.1, 0.15) is 11.5 Å². The molecule has 2 aliphatic carbocycles. The van der Waals surface area contributed by atoms with E-state index in [1.165, 1.54) is 11.1 Å². The highest BCUT2D eigenvalue weighted by atomic mass is 16.5. The van der Waals surface area contributed by atoms with E-state index in [0.717, 1.165) is 44.3 Å². The summed E-state index contributed by atoms with van der Waals surface area (Å²) in [5.74, 6) is 1.40. The predicted octanol–water partition coefficient (Wildman–Crippen LogP) is 3.73. The second-order valence-electron chi connectivity index (χ2n) is 5.53. The van der Waals surface area contributed by atoms with E-state index in [1.807, 2.05) is 6.07 Å². The zero-order chi connectivity index (χ0) is 13.9. The van der Waals surface area contributed by atoms with E-state index in [0.29, 0.717) is 11.2 Å². The molecule has 19 heavy (non-hydrogen) atoms. The van der Waals surface area contributed by atoms with Gasteiger partial charge in [-0.05, 0) is 54.4 Å². The lowest BCUT2D eigenvalue weighted by atomic mass is 9.72. The first-order valence-corrected chi connectivity index (χ1v) is 6.88. The highest BCUT2D eigenvalue weighted by molar-refractivity contribution is 5.79. The number of carbonyl (C=O) groups excluding carboxylic acids is 1. The summed E-state index contributed by atoms with van der Waals surface area (Å²) in [5.41, 5.74) is 3.27. The second kappa shape index (κ2) is 5.60. The van der Waals surface area contributed by atoms with Gasteiger partial charge in [0.2, 0.25) is 0 Å². The minimum absolute atomic E-state index is 0.378. The quantitative estimate of drug-likeness (QED) is 0.717. The molecule has 0 aliphatic heterocycles. The van der Waals surface area contributed by atoms with Crippen molar-refractivity contribution in [2.75, 3.05) is 7.11 Å². The number of Topliss-reactive ketones (excluding diaryl/α,β-unsaturated/α-hetero) is 1. The Morgan fingerprint density at radius 1 is 1.11 bits per heavy atom. The molecular formula is C17H22O2. The molecule has 0 heterocycles. The summed E-state index contributed by atoms with van der Waals surface area (Å²) in [5, 5.41) is 0. The van der Waals surface area contributed by atoms with E-state index in [2.05, 4.69) is 25.3 Å². The maximum Gasteiger partial charge on any atom is 0.132 e. The van der Waals surface area contributed by atoms with Crippen LogP contribution in [0.15, 0.2) is 31.4 Å². The van der Waals surface area contributed by atoms with Crippen LogP contribution in [-0.4, -0.2) is 12.9 Å². The third-order valence-corrected chi connectivity index (χ3v) is 4.41. The molecule has 0 amide bonds. The maximum absolute atomic E-state index is 11.4. The molecule has 0 saturated heterocycles. The molecule has 102 valence electrons. The van der Waals surface area contributed by atoms with E-state index in [9.17, 15) is 4.79 Å². The summed E-state index contributed by atoms with van der Waals surface area (Å²) in [6.07, 6.45) is 5.99. The van der Waals surface area contributed by atoms with Crippen molar-refractivity contribution in [3.63, 3.8) is 0 Å². The number of ketones is 1. The summed E-state index contributed by atoms with van der Waals surface area (Å²) in [6.45, 7) is 6.00. The van der Waals surface area contributed by atoms with Gasteiger partial charge in [-0.25, -0.2) is 0 Å². The van der Waals surface area contributed by atoms with Crippen LogP contribution in [0.3, 0.4) is 0 Å². The van der Waals surface area contributed by atoms with E-state index < -0.39 is 0 Å². The Morgan fingerprint density at radius 3 is 2.37 bits per heavy atom. The van der Waals surface area contributed by atoms with Gasteiger partial charge in [0.15, 0.2) is 0 Å². The van der Waals surface area contributed by atoms with Crippen LogP contribution in [-0.2, 0) is 17.6 Å². The fourth-order valence-electron chi connectivity index (χ4n) is 3.35. The van der Waals surface area contributed by atoms with Crippen molar-refractivity contribution < 1.29 is 9.53 Å². The third kappa shape index (κ3) is 2.73. The lowest BCUT2D eigenvalue weighted by Crippen LogP contribution is -2.28. The highest BCUT2D eigenvalue weighted by Crippen LogP contribution is 2.47. The molecule has 0 aromatic heterocycles. The van der Waals surface area contributed by atoms with E-state index in [-0.39, 0.29) is 0 Å². The summed E-state index contributed by atoms with van der Waals surface area (Å²) in [4.78, 5) is 11.4. The molecular weight excluding hydrogens is 236 g/mol. The topological polar surface area (TPSA) is 26.3 Å². The van der Waals surface area contributed by atoms with Crippen molar-refractivity contribution in [1.82, 2.24) is 0 Å². The Hall–Kier alpha value is -1.57. The molecule has 1 aromatic carbocycles. The number of hydrogen-bond donors (Lipinski definition) is 0. The number of ether oxygens (including phenoxy) is 1. The molecule has 0 unspecified atom stereocenters. The minimum atomic E-state index is 0.378. The van der Waals surface area contributed by atoms with Crippen LogP contribution in [0, 0.1) is 5.41 Å². The number of fused-ring (bicyclic) bond motifs is 1. The van der Waals surface area contributed by atoms with Gasteiger partial charge in [0.05, 0.1) is 7.11 Å². The predicted molar refractivity (Wildman–Crippen MR) is 77.6 cm³/mol. The molecule has 1 aromatic rings. The molecule has 0 bridgehead atoms. The first-order chi connectivity index (χ1) is 9.21. The number of rotatable bonds is 1. The normalized spacial score (nSPS) is 19.5. The molecule has 0 radical (unpaired) electrons. The van der Waals surface area contributed by atoms with Crippen molar-refractivity contribution >= 4 is 5.78 Å². The van der Waals surface area contributed by atoms with Crippen molar-refractivity contribution in [3.05, 3.63) is 42.5 Å². The zero-order valence-electron chi connectivity index (χ0n) is 11.7. The summed E-state index contributed by atoms with van der Waals surface area (Å²) in [6, 6.07) is 6.41. The molecule has 2 heteroatoms. The molecule has 0 N–H and O–H groups in total. The lowest BCUT2D eigenvalue weighted by Gasteiger charge is -2.32. The van der Waals surface area contributed by atoms with Crippen molar-refractivity contribution in [2.45, 2.75) is 38.5 Å². The molecule has 0 atom stereocenters. The van der Waals surface area contributed by atoms with Gasteiger partial charge in [-0.2, -0.15) is 0 Å². The van der Waals surface area contributed by atoms with Gasteiger partial charge < -0.3 is 4.74 Å². The lowest BCUT2D eigenvalue weighted by molar-refractivity contribution is -0.122. The monoisotopic (exact) mass is 258 g/mol. The van der Waals surface area contributed by atoms with Crippen LogP contribution >= 0.6 is 0 Å². The molecule has 1 fully saturated rings. The zero-order valence-corrected chi connectivity index (χ0v) is 11.7. The van der Waals surface area contributed by atoms with E-state index >= 15 is 0 Å². The summed E-state index contributed by atoms with van der Waals surface area (Å²) >= 11 is 0. The van der Waals surface area contributed by atoms with Crippen molar-refractivity contribution in [3.8, 4) is 5.75 Å². The Kier molecular flexibility index (Phi) is 4.08. The van der Waals surface area contributed by atoms with Gasteiger partial charge in [-0.1, -0.05) is 6.07 Å². The Morgan fingerprint density at radius 2 is 1.74 bits per heavy atom. The van der Waals surface area contributed by atoms with Gasteiger partial charge >= 0.3 is 0 Å². The highest BCUT2D eigenvalue weighted by Gasteiger charge is 2.39. The van der Waals surface area contributed by atoms with E-state index in [4.69, 9.17) is 4.74 Å². The SMILES string of the molecule is C=C.COc1ccc2c(c1)CC1(CCC(=O)CC1)C2. The standard InChI is InChI=1S/C15H18O2.C2H4/c1-17-14-3-2-11-9-15(10-12(11)8-14)6-4-13(16)5-7-15;1-2/h2-3,8H,4-7,9-10H2,1H3;1-2H2. The van der Waals surface area contributed by atoms with Crippen LogP contribution in [0.25, 0.3) is 0 Å². The number of hydrogen-bond acceptors (Lipinski definition) is 2. The van der Waals surface area contributed by atoms with Crippen LogP contribution in [0.4, 0.5) is 0 Å². The van der Waals surface area contributed by atoms with Crippen LogP contribution in [0.5, 0.6) is 5.75 Å². The fraction of sp³-hybridized carbons (Fsp3) is 0.471. The number of carbonyl (C=O) groups is 1. The smallest absolute Gasteiger partial charge is 0.132 e. The number of methoxy groups -OCH3 is 1. The Bertz CT molecular complexity index is 466. The van der Waals surface area contributed by atoms with Crippen LogP contribution in [0.2, 0.25) is 0 Å². The van der Waals surface area contributed by atoms with Crippen molar-refractivity contribution in [2.24, 2.45) is 5.41 Å². The molecule has 2 aliphatic rings. The second-order valence-corrected chi connectivity index (χ2v) is 5.53. The molecule has 1 saturated carbocycles. The van der Waals surface area contributed by atoms with Gasteiger partial charge in [0.25, 0.3) is 0 Å². The van der Waals surface area contributed by atoms with Gasteiger partial charge in [-0.15, -0.1) is 13.2 Å². The first kappa shape index (κ1) is 13.9. The van der Waals surface area contributed by atoms with Gasteiger partial charge in [-0.3, -0.25) is 4.79 Å². The average Bonchev–Trinajstić information content (AvgIpc) is 2.81. The summed E-state index contributed by atoms with van der Waals surface area (Å²) in [7, 11) is 1.71. The molecule has 1 spiro atoms. The molecule has 2 nitrogen and oxygen atoms in total. The minimum Gasteiger partial charge on any atom is -0.497 e. The molecule has 3 rings (SSSR count). The van der Waals surface area contributed by atoms with Gasteiger partial charge in [0, 0.05) is 12.8 Å². The average molecular weight is 258 g/mol. The third-order valence-electron chi connectivity index (χ3n) is 4.41. The largest absolute Gasteiger partial charge is 0.497 e. The summed E-state index contributed by atoms with van der Waals surface area (Å²) < 4.78 is 5.28. The van der Waals surface area contributed by atoms with Crippen molar-refractivity contribution in [1.29, 1.82) is 0 Å². The maximum atomic E-state index is 11.4. The Labute approximate surface area is 115 Å². The van der Waals surface area contributed by atoms with Crippen LogP contribution < -0.4 is 4.74 Å². The Balaban J connectivity index is 0.000000637. The van der Waals surface area contributed by atoms with Crippen LogP contribution in [0.1, 0.15) is 36.8 Å².